The van der Waals surface area contributed by atoms with Crippen LogP contribution in [0.1, 0.15) is 21.5 Å². The van der Waals surface area contributed by atoms with Crippen LogP contribution in [0.25, 0.3) is 0 Å². The van der Waals surface area contributed by atoms with Crippen LogP contribution in [0, 0.1) is 11.6 Å². The van der Waals surface area contributed by atoms with Crippen molar-refractivity contribution in [2.24, 2.45) is 5.73 Å². The molecule has 1 amide bonds. The Kier molecular flexibility index (Phi) is 8.26. The van der Waals surface area contributed by atoms with Crippen molar-refractivity contribution in [3.63, 3.8) is 0 Å². The average molecular weight is 472 g/mol. The molecule has 0 spiro atoms. The van der Waals surface area contributed by atoms with Gasteiger partial charge in [0.1, 0.15) is 17.4 Å². The van der Waals surface area contributed by atoms with Gasteiger partial charge in [-0.05, 0) is 36.7 Å². The van der Waals surface area contributed by atoms with E-state index in [0.717, 1.165) is 24.1 Å². The molecule has 34 heavy (non-hydrogen) atoms. The summed E-state index contributed by atoms with van der Waals surface area (Å²) in [5.41, 5.74) is 6.86. The molecule has 3 aromatic carbocycles. The van der Waals surface area contributed by atoms with Crippen molar-refractivity contribution in [2.45, 2.75) is 13.0 Å². The predicted octanol–water partition coefficient (Wildman–Crippen LogP) is 4.21. The number of amides is 1. The van der Waals surface area contributed by atoms with E-state index in [0.29, 0.717) is 12.3 Å². The average Bonchev–Trinajstić information content (AvgIpc) is 2.83. The monoisotopic (exact) mass is 472 g/mol. The molecule has 0 unspecified atom stereocenters. The topological polar surface area (TPSA) is 92.0 Å². The minimum absolute atomic E-state index is 0.0809. The third kappa shape index (κ3) is 5.55. The number of carbonyl (C=O) groups is 1. The number of benzene rings is 3. The van der Waals surface area contributed by atoms with Crippen molar-refractivity contribution >= 4 is 5.91 Å². The van der Waals surface area contributed by atoms with E-state index in [1.807, 2.05) is 12.1 Å². The maximum Gasteiger partial charge on any atom is 0.255 e. The summed E-state index contributed by atoms with van der Waals surface area (Å²) in [4.78, 5) is 13.0. The minimum Gasteiger partial charge on any atom is -0.492 e. The number of ether oxygens (including phenoxy) is 4. The van der Waals surface area contributed by atoms with Crippen molar-refractivity contribution in [1.82, 2.24) is 5.32 Å². The lowest BCUT2D eigenvalue weighted by Crippen LogP contribution is -2.24. The fraction of sp³-hybridized carbons (Fsp3) is 0.240. The Morgan fingerprint density at radius 2 is 1.59 bits per heavy atom. The minimum atomic E-state index is -0.762. The Labute approximate surface area is 196 Å². The molecule has 0 aromatic heterocycles. The number of hydrogen-bond donors (Lipinski definition) is 2. The van der Waals surface area contributed by atoms with Crippen LogP contribution >= 0.6 is 0 Å². The quantitative estimate of drug-likeness (QED) is 0.459. The molecule has 3 rings (SSSR count). The van der Waals surface area contributed by atoms with Crippen LogP contribution in [0.2, 0.25) is 0 Å². The lowest BCUT2D eigenvalue weighted by Gasteiger charge is -2.19. The fourth-order valence-electron chi connectivity index (χ4n) is 3.38. The molecule has 0 aliphatic carbocycles. The fourth-order valence-corrected chi connectivity index (χ4v) is 3.38. The second kappa shape index (κ2) is 11.3. The molecule has 3 aromatic rings. The summed E-state index contributed by atoms with van der Waals surface area (Å²) in [6.07, 6.45) is 0.735. The molecule has 0 fully saturated rings. The third-order valence-electron chi connectivity index (χ3n) is 5.05. The van der Waals surface area contributed by atoms with Crippen LogP contribution in [0.15, 0.2) is 48.5 Å². The number of carbonyl (C=O) groups excluding carboxylic acids is 1. The summed E-state index contributed by atoms with van der Waals surface area (Å²) in [5.74, 6) is -0.830. The second-order valence-corrected chi connectivity index (χ2v) is 7.23. The van der Waals surface area contributed by atoms with Gasteiger partial charge in [0, 0.05) is 24.2 Å². The van der Waals surface area contributed by atoms with E-state index >= 15 is 0 Å². The van der Waals surface area contributed by atoms with E-state index in [1.165, 1.54) is 33.5 Å². The van der Waals surface area contributed by atoms with Crippen LogP contribution < -0.4 is 30.0 Å². The van der Waals surface area contributed by atoms with Gasteiger partial charge in [0.25, 0.3) is 5.91 Å². The molecule has 0 aliphatic rings. The van der Waals surface area contributed by atoms with Gasteiger partial charge in [0.15, 0.2) is 11.5 Å². The first-order valence-corrected chi connectivity index (χ1v) is 10.4. The van der Waals surface area contributed by atoms with E-state index < -0.39 is 17.5 Å². The van der Waals surface area contributed by atoms with Gasteiger partial charge in [-0.25, -0.2) is 8.78 Å². The maximum atomic E-state index is 14.0. The van der Waals surface area contributed by atoms with Crippen LogP contribution in [0.5, 0.6) is 28.7 Å². The SMILES string of the molecule is COc1c(Oc2ccc(CCN)cc2)cc(C(=O)NCc2ccc(F)cc2F)c(OC)c1OC. The Bertz CT molecular complexity index is 1150. The molecule has 7 nitrogen and oxygen atoms in total. The van der Waals surface area contributed by atoms with Gasteiger partial charge >= 0.3 is 0 Å². The predicted molar refractivity (Wildman–Crippen MR) is 123 cm³/mol. The van der Waals surface area contributed by atoms with E-state index in [1.54, 1.807) is 12.1 Å². The van der Waals surface area contributed by atoms with Gasteiger partial charge in [0.2, 0.25) is 11.5 Å². The molecular formula is C25H26F2N2O5. The van der Waals surface area contributed by atoms with Gasteiger partial charge in [-0.2, -0.15) is 0 Å². The first-order valence-electron chi connectivity index (χ1n) is 10.4. The Morgan fingerprint density at radius 1 is 0.912 bits per heavy atom. The van der Waals surface area contributed by atoms with Crippen LogP contribution in [-0.2, 0) is 13.0 Å². The summed E-state index contributed by atoms with van der Waals surface area (Å²) in [7, 11) is 4.22. The van der Waals surface area contributed by atoms with E-state index in [2.05, 4.69) is 5.32 Å². The van der Waals surface area contributed by atoms with E-state index in [4.69, 9.17) is 24.7 Å². The molecule has 0 saturated carbocycles. The number of methoxy groups -OCH3 is 3. The third-order valence-corrected chi connectivity index (χ3v) is 5.05. The molecule has 0 bridgehead atoms. The number of rotatable bonds is 10. The van der Waals surface area contributed by atoms with Gasteiger partial charge < -0.3 is 30.0 Å². The summed E-state index contributed by atoms with van der Waals surface area (Å²) in [6.45, 7) is 0.366. The zero-order chi connectivity index (χ0) is 24.7. The lowest BCUT2D eigenvalue weighted by atomic mass is 10.1. The van der Waals surface area contributed by atoms with Crippen molar-refractivity contribution < 1.29 is 32.5 Å². The van der Waals surface area contributed by atoms with Crippen LogP contribution in [0.4, 0.5) is 8.78 Å². The highest BCUT2D eigenvalue weighted by atomic mass is 19.1. The normalized spacial score (nSPS) is 10.5. The maximum absolute atomic E-state index is 14.0. The number of halogens is 2. The molecule has 0 heterocycles. The van der Waals surface area contributed by atoms with Gasteiger partial charge in [0.05, 0.1) is 26.9 Å². The van der Waals surface area contributed by atoms with Gasteiger partial charge in [-0.15, -0.1) is 0 Å². The smallest absolute Gasteiger partial charge is 0.255 e. The summed E-state index contributed by atoms with van der Waals surface area (Å²) in [6, 6.07) is 11.9. The Hall–Kier alpha value is -3.85. The van der Waals surface area contributed by atoms with Crippen molar-refractivity contribution in [3.05, 3.63) is 76.9 Å². The second-order valence-electron chi connectivity index (χ2n) is 7.23. The van der Waals surface area contributed by atoms with Crippen molar-refractivity contribution in [2.75, 3.05) is 27.9 Å². The highest BCUT2D eigenvalue weighted by Gasteiger charge is 2.26. The largest absolute Gasteiger partial charge is 0.492 e. The molecule has 0 saturated heterocycles. The standard InChI is InChI=1S/C25H26F2N2O5/c1-31-22-19(25(30)29-14-16-6-7-17(26)12-20(16)27)13-21(23(32-2)24(22)33-3)34-18-8-4-15(5-9-18)10-11-28/h4-9,12-13H,10-11,14,28H2,1-3H3,(H,29,30). The van der Waals surface area contributed by atoms with Crippen molar-refractivity contribution in [1.29, 1.82) is 0 Å². The van der Waals surface area contributed by atoms with Crippen molar-refractivity contribution in [3.8, 4) is 28.7 Å². The summed E-state index contributed by atoms with van der Waals surface area (Å²) >= 11 is 0. The highest BCUT2D eigenvalue weighted by molar-refractivity contribution is 5.99. The molecule has 9 heteroatoms. The molecule has 0 aliphatic heterocycles. The number of nitrogens with two attached hydrogens (primary N) is 1. The first-order chi connectivity index (χ1) is 16.4. The summed E-state index contributed by atoms with van der Waals surface area (Å²) < 4.78 is 49.5. The van der Waals surface area contributed by atoms with Gasteiger partial charge in [-0.3, -0.25) is 4.79 Å². The summed E-state index contributed by atoms with van der Waals surface area (Å²) in [5, 5.41) is 2.61. The zero-order valence-corrected chi connectivity index (χ0v) is 19.1. The van der Waals surface area contributed by atoms with E-state index in [-0.39, 0.29) is 40.7 Å². The molecule has 3 N–H and O–H groups in total. The van der Waals surface area contributed by atoms with Crippen LogP contribution in [-0.4, -0.2) is 33.8 Å². The lowest BCUT2D eigenvalue weighted by molar-refractivity contribution is 0.0946. The van der Waals surface area contributed by atoms with Crippen LogP contribution in [0.3, 0.4) is 0 Å². The van der Waals surface area contributed by atoms with E-state index in [9.17, 15) is 13.6 Å². The first kappa shape index (κ1) is 24.8. The van der Waals surface area contributed by atoms with Gasteiger partial charge in [-0.1, -0.05) is 18.2 Å². The molecular weight excluding hydrogens is 446 g/mol. The molecule has 0 radical (unpaired) electrons. The number of nitrogens with one attached hydrogen (secondary N) is 1. The Balaban J connectivity index is 1.94. The Morgan fingerprint density at radius 3 is 2.18 bits per heavy atom. The highest BCUT2D eigenvalue weighted by Crippen LogP contribution is 2.48. The molecule has 0 atom stereocenters. The number of hydrogen-bond acceptors (Lipinski definition) is 6. The zero-order valence-electron chi connectivity index (χ0n) is 19.1. The molecule has 180 valence electrons.